The van der Waals surface area contributed by atoms with E-state index in [0.29, 0.717) is 18.2 Å². The first-order chi connectivity index (χ1) is 8.73. The van der Waals surface area contributed by atoms with Crippen molar-refractivity contribution in [2.75, 3.05) is 5.73 Å². The Bertz CT molecular complexity index is 585. The lowest BCUT2D eigenvalue weighted by Crippen LogP contribution is -1.99. The molecular weight excluding hydrogens is 260 g/mol. The molecule has 0 saturated heterocycles. The van der Waals surface area contributed by atoms with E-state index in [1.165, 1.54) is 6.92 Å². The number of nitrogens with two attached hydrogens (primary N) is 2. The van der Waals surface area contributed by atoms with Crippen molar-refractivity contribution in [1.82, 2.24) is 0 Å². The summed E-state index contributed by atoms with van der Waals surface area (Å²) in [6.07, 6.45) is 0.645. The van der Waals surface area contributed by atoms with Gasteiger partial charge in [0.2, 0.25) is 0 Å². The van der Waals surface area contributed by atoms with Crippen molar-refractivity contribution in [3.63, 3.8) is 0 Å². The molecule has 0 bridgehead atoms. The van der Waals surface area contributed by atoms with E-state index in [1.54, 1.807) is 0 Å². The van der Waals surface area contributed by atoms with Gasteiger partial charge in [0, 0.05) is 22.9 Å². The highest BCUT2D eigenvalue weighted by Gasteiger charge is 2.15. The monoisotopic (exact) mass is 272 g/mol. The van der Waals surface area contributed by atoms with Crippen LogP contribution in [0, 0.1) is 11.6 Å². The summed E-state index contributed by atoms with van der Waals surface area (Å²) in [7, 11) is 0. The second-order valence-corrected chi connectivity index (χ2v) is 3.85. The van der Waals surface area contributed by atoms with Crippen LogP contribution in [0.5, 0.6) is 0 Å². The first-order valence-corrected chi connectivity index (χ1v) is 5.17. The number of anilines is 1. The molecule has 0 amide bonds. The van der Waals surface area contributed by atoms with Crippen molar-refractivity contribution in [1.29, 1.82) is 0 Å². The summed E-state index contributed by atoms with van der Waals surface area (Å²) in [5, 5.41) is 0. The lowest BCUT2D eigenvalue weighted by Gasteiger charge is -2.08. The Kier molecular flexibility index (Phi) is 4.37. The van der Waals surface area contributed by atoms with Crippen molar-refractivity contribution in [3.8, 4) is 0 Å². The standard InChI is InChI=1S/C13H12F4N2/c1-6(14)8(3-10(15)7(2)18)9-4-12(17)13(19)5-11(9)16/h3-5H,1,18-19H2,2H3/b8-3+,10-7-. The number of nitrogen functional groups attached to an aromatic ring is 1. The third-order valence-electron chi connectivity index (χ3n) is 2.32. The highest BCUT2D eigenvalue weighted by atomic mass is 19.1. The molecule has 1 aromatic carbocycles. The van der Waals surface area contributed by atoms with E-state index in [9.17, 15) is 17.6 Å². The van der Waals surface area contributed by atoms with Crippen LogP contribution in [-0.4, -0.2) is 0 Å². The summed E-state index contributed by atoms with van der Waals surface area (Å²) in [6.45, 7) is 4.19. The molecular formula is C13H12F4N2. The molecule has 1 aromatic rings. The normalized spacial score (nSPS) is 13.2. The summed E-state index contributed by atoms with van der Waals surface area (Å²) in [6, 6.07) is 1.35. The van der Waals surface area contributed by atoms with Gasteiger partial charge in [-0.15, -0.1) is 0 Å². The van der Waals surface area contributed by atoms with Crippen molar-refractivity contribution < 1.29 is 17.6 Å². The number of halogens is 4. The number of hydrogen-bond donors (Lipinski definition) is 2. The Balaban J connectivity index is 3.49. The highest BCUT2D eigenvalue weighted by molar-refractivity contribution is 5.79. The fourth-order valence-electron chi connectivity index (χ4n) is 1.31. The number of rotatable bonds is 3. The molecule has 1 rings (SSSR count). The molecule has 0 heterocycles. The summed E-state index contributed by atoms with van der Waals surface area (Å²) in [4.78, 5) is 0. The van der Waals surface area contributed by atoms with Crippen LogP contribution in [-0.2, 0) is 0 Å². The summed E-state index contributed by atoms with van der Waals surface area (Å²) >= 11 is 0. The molecule has 0 atom stereocenters. The molecule has 0 fully saturated rings. The van der Waals surface area contributed by atoms with E-state index >= 15 is 0 Å². The fraction of sp³-hybridized carbons (Fsp3) is 0.0769. The van der Waals surface area contributed by atoms with Gasteiger partial charge in [-0.2, -0.15) is 0 Å². The molecule has 6 heteroatoms. The smallest absolute Gasteiger partial charge is 0.146 e. The molecule has 102 valence electrons. The second-order valence-electron chi connectivity index (χ2n) is 3.85. The van der Waals surface area contributed by atoms with E-state index in [-0.39, 0.29) is 5.70 Å². The van der Waals surface area contributed by atoms with Gasteiger partial charge in [-0.05, 0) is 19.1 Å². The minimum Gasteiger partial charge on any atom is -0.400 e. The maximum absolute atomic E-state index is 13.6. The van der Waals surface area contributed by atoms with E-state index in [2.05, 4.69) is 6.58 Å². The van der Waals surface area contributed by atoms with Gasteiger partial charge in [0.05, 0.1) is 5.69 Å². The van der Waals surface area contributed by atoms with Gasteiger partial charge in [-0.1, -0.05) is 6.58 Å². The largest absolute Gasteiger partial charge is 0.400 e. The van der Waals surface area contributed by atoms with E-state index in [0.717, 1.165) is 0 Å². The van der Waals surface area contributed by atoms with Gasteiger partial charge in [-0.3, -0.25) is 0 Å². The third-order valence-corrected chi connectivity index (χ3v) is 2.32. The van der Waals surface area contributed by atoms with Crippen molar-refractivity contribution in [3.05, 3.63) is 59.3 Å². The van der Waals surface area contributed by atoms with E-state index < -0.39 is 40.1 Å². The predicted molar refractivity (Wildman–Crippen MR) is 67.0 cm³/mol. The zero-order valence-corrected chi connectivity index (χ0v) is 10.1. The van der Waals surface area contributed by atoms with E-state index in [4.69, 9.17) is 11.5 Å². The van der Waals surface area contributed by atoms with Crippen LogP contribution in [0.15, 0.2) is 42.1 Å². The van der Waals surface area contributed by atoms with Gasteiger partial charge in [0.15, 0.2) is 0 Å². The minimum atomic E-state index is -1.13. The molecule has 0 aromatic heterocycles. The molecule has 0 aliphatic rings. The molecule has 4 N–H and O–H groups in total. The SMILES string of the molecule is C=C(F)/C(=C\C(F)=C(/C)N)c1cc(F)c(N)cc1F. The van der Waals surface area contributed by atoms with Crippen molar-refractivity contribution in [2.24, 2.45) is 5.73 Å². The first-order valence-electron chi connectivity index (χ1n) is 5.17. The molecule has 0 radical (unpaired) electrons. The average molecular weight is 272 g/mol. The first kappa shape index (κ1) is 14.8. The van der Waals surface area contributed by atoms with Crippen LogP contribution >= 0.6 is 0 Å². The Morgan fingerprint density at radius 2 is 1.79 bits per heavy atom. The second kappa shape index (κ2) is 5.60. The van der Waals surface area contributed by atoms with Gasteiger partial charge in [0.25, 0.3) is 0 Å². The zero-order valence-electron chi connectivity index (χ0n) is 10.1. The predicted octanol–water partition coefficient (Wildman–Crippen LogP) is 3.57. The average Bonchev–Trinajstić information content (AvgIpc) is 2.30. The lowest BCUT2D eigenvalue weighted by atomic mass is 10.0. The van der Waals surface area contributed by atoms with Crippen LogP contribution in [0.25, 0.3) is 5.57 Å². The lowest BCUT2D eigenvalue weighted by molar-refractivity contribution is 0.597. The molecule has 0 aliphatic heterocycles. The van der Waals surface area contributed by atoms with Gasteiger partial charge in [0.1, 0.15) is 23.3 Å². The van der Waals surface area contributed by atoms with Gasteiger partial charge < -0.3 is 11.5 Å². The Morgan fingerprint density at radius 1 is 1.21 bits per heavy atom. The zero-order chi connectivity index (χ0) is 14.7. The maximum atomic E-state index is 13.6. The maximum Gasteiger partial charge on any atom is 0.146 e. The van der Waals surface area contributed by atoms with E-state index in [1.807, 2.05) is 0 Å². The summed E-state index contributed by atoms with van der Waals surface area (Å²) in [5.74, 6) is -4.03. The third kappa shape index (κ3) is 3.37. The highest BCUT2D eigenvalue weighted by Crippen LogP contribution is 2.29. The van der Waals surface area contributed by atoms with Crippen LogP contribution in [0.3, 0.4) is 0 Å². The molecule has 0 spiro atoms. The van der Waals surface area contributed by atoms with Crippen LogP contribution in [0.1, 0.15) is 12.5 Å². The molecule has 0 unspecified atom stereocenters. The molecule has 2 nitrogen and oxygen atoms in total. The van der Waals surface area contributed by atoms with Crippen molar-refractivity contribution >= 4 is 11.3 Å². The topological polar surface area (TPSA) is 52.0 Å². The van der Waals surface area contributed by atoms with Crippen LogP contribution in [0.2, 0.25) is 0 Å². The Hall–Kier alpha value is -2.24. The summed E-state index contributed by atoms with van der Waals surface area (Å²) < 4.78 is 53.5. The number of allylic oxidation sites excluding steroid dienone is 5. The quantitative estimate of drug-likeness (QED) is 0.502. The molecule has 0 aliphatic carbocycles. The fourth-order valence-corrected chi connectivity index (χ4v) is 1.31. The van der Waals surface area contributed by atoms with Crippen LogP contribution in [0.4, 0.5) is 23.2 Å². The van der Waals surface area contributed by atoms with Crippen molar-refractivity contribution in [2.45, 2.75) is 6.92 Å². The number of benzene rings is 1. The Labute approximate surface area is 107 Å². The molecule has 0 saturated carbocycles. The van der Waals surface area contributed by atoms with Gasteiger partial charge >= 0.3 is 0 Å². The Morgan fingerprint density at radius 3 is 2.26 bits per heavy atom. The van der Waals surface area contributed by atoms with Gasteiger partial charge in [-0.25, -0.2) is 17.6 Å². The van der Waals surface area contributed by atoms with Crippen LogP contribution < -0.4 is 11.5 Å². The molecule has 19 heavy (non-hydrogen) atoms. The minimum absolute atomic E-state index is 0.227. The number of hydrogen-bond acceptors (Lipinski definition) is 2. The summed E-state index contributed by atoms with van der Waals surface area (Å²) in [5.41, 5.74) is 8.64.